The van der Waals surface area contributed by atoms with Gasteiger partial charge in [0.25, 0.3) is 0 Å². The first kappa shape index (κ1) is 12.7. The molecule has 1 aromatic rings. The fraction of sp³-hybridized carbons (Fsp3) is 0.571. The van der Waals surface area contributed by atoms with Crippen LogP contribution in [-0.2, 0) is 6.16 Å². The average molecular weight is 224 g/mol. The van der Waals surface area contributed by atoms with Crippen LogP contribution in [0.2, 0.25) is 0 Å². The molecule has 86 valence electrons. The van der Waals surface area contributed by atoms with Crippen molar-refractivity contribution < 1.29 is 0 Å². The van der Waals surface area contributed by atoms with Crippen molar-refractivity contribution in [1.29, 1.82) is 0 Å². The number of rotatable bonds is 5. The van der Waals surface area contributed by atoms with E-state index in [0.717, 1.165) is 0 Å². The summed E-state index contributed by atoms with van der Waals surface area (Å²) >= 11 is 0. The number of hydrogen-bond acceptors (Lipinski definition) is 0. The van der Waals surface area contributed by atoms with Gasteiger partial charge in [-0.3, -0.25) is 0 Å². The molecule has 0 bridgehead atoms. The van der Waals surface area contributed by atoms with Crippen LogP contribution >= 0.6 is 7.26 Å². The fourth-order valence-electron chi connectivity index (χ4n) is 2.26. The van der Waals surface area contributed by atoms with Crippen LogP contribution in [0.1, 0.15) is 31.9 Å². The topological polar surface area (TPSA) is 0 Å². The fourth-order valence-corrected chi connectivity index (χ4v) is 5.62. The van der Waals surface area contributed by atoms with Gasteiger partial charge in [0.2, 0.25) is 0 Å². The van der Waals surface area contributed by atoms with E-state index in [0.29, 0.717) is 0 Å². The first-order chi connectivity index (χ1) is 7.15. The van der Waals surface area contributed by atoms with E-state index in [1.807, 2.05) is 0 Å². The Bertz CT molecular complexity index is 274. The molecular weight excluding hydrogens is 199 g/mol. The van der Waals surface area contributed by atoms with Gasteiger partial charge in [-0.15, -0.1) is 0 Å². The van der Waals surface area contributed by atoms with Gasteiger partial charge in [0.1, 0.15) is 0 Å². The van der Waals surface area contributed by atoms with E-state index in [9.17, 15) is 0 Å². The molecule has 0 unspecified atom stereocenters. The monoisotopic (exact) mass is 224 g/mol. The van der Waals surface area contributed by atoms with Gasteiger partial charge in [-0.1, -0.05) is 0 Å². The molecule has 0 saturated heterocycles. The summed E-state index contributed by atoms with van der Waals surface area (Å²) in [6.45, 7) is 9.31. The summed E-state index contributed by atoms with van der Waals surface area (Å²) in [5, 5.41) is 0. The summed E-state index contributed by atoms with van der Waals surface area (Å²) in [5.74, 6) is 0. The molecule has 0 spiro atoms. The van der Waals surface area contributed by atoms with E-state index < -0.39 is 7.26 Å². The predicted octanol–water partition coefficient (Wildman–Crippen LogP) is 4.30. The Kier molecular flexibility index (Phi) is 4.80. The van der Waals surface area contributed by atoms with Gasteiger partial charge < -0.3 is 0 Å². The summed E-state index contributed by atoms with van der Waals surface area (Å²) < 4.78 is 0. The summed E-state index contributed by atoms with van der Waals surface area (Å²) in [4.78, 5) is 0. The van der Waals surface area contributed by atoms with E-state index in [4.69, 9.17) is 0 Å². The second-order valence-corrected chi connectivity index (χ2v) is 10.2. The molecule has 0 fully saturated rings. The van der Waals surface area contributed by atoms with Crippen LogP contribution in [0.4, 0.5) is 0 Å². The molecule has 1 heteroatoms. The predicted molar refractivity (Wildman–Crippen MR) is 74.8 cm³/mol. The molecule has 0 N–H and O–H groups in total. The molecule has 0 aliphatic heterocycles. The normalized spacial score (nSPS) is 12.8. The Labute approximate surface area is 95.4 Å². The van der Waals surface area contributed by atoms with Gasteiger partial charge in [0.05, 0.1) is 0 Å². The standard InChI is InChI=1S/C14H25P/c1-5-15(6-2,7-3)12-14-10-8-13(4)9-11-14/h8-11,15H,5-7,12H2,1-4H3. The van der Waals surface area contributed by atoms with Crippen molar-refractivity contribution in [3.8, 4) is 0 Å². The third kappa shape index (κ3) is 3.31. The molecule has 0 atom stereocenters. The maximum atomic E-state index is 2.38. The summed E-state index contributed by atoms with van der Waals surface area (Å²) in [5.41, 5.74) is 2.92. The zero-order valence-electron chi connectivity index (χ0n) is 10.6. The van der Waals surface area contributed by atoms with Crippen LogP contribution in [0, 0.1) is 6.92 Å². The Hall–Kier alpha value is -0.350. The van der Waals surface area contributed by atoms with Crippen molar-refractivity contribution in [3.05, 3.63) is 35.4 Å². The van der Waals surface area contributed by atoms with Crippen LogP contribution in [0.25, 0.3) is 0 Å². The van der Waals surface area contributed by atoms with Crippen LogP contribution in [-0.4, -0.2) is 18.5 Å². The zero-order chi connectivity index (χ0) is 11.3. The zero-order valence-corrected chi connectivity index (χ0v) is 11.6. The van der Waals surface area contributed by atoms with E-state index in [1.54, 1.807) is 5.56 Å². The van der Waals surface area contributed by atoms with Gasteiger partial charge in [-0.25, -0.2) is 0 Å². The Balaban J connectivity index is 2.78. The number of hydrogen-bond donors (Lipinski definition) is 0. The molecule has 0 heterocycles. The van der Waals surface area contributed by atoms with Gasteiger partial charge in [0.15, 0.2) is 0 Å². The van der Waals surface area contributed by atoms with Crippen molar-refractivity contribution >= 4 is 7.26 Å². The van der Waals surface area contributed by atoms with Crippen LogP contribution < -0.4 is 0 Å². The third-order valence-corrected chi connectivity index (χ3v) is 9.61. The molecule has 0 radical (unpaired) electrons. The summed E-state index contributed by atoms with van der Waals surface area (Å²) in [6.07, 6.45) is 5.65. The molecule has 0 saturated carbocycles. The van der Waals surface area contributed by atoms with Crippen molar-refractivity contribution in [1.82, 2.24) is 0 Å². The molecule has 0 aliphatic carbocycles. The quantitative estimate of drug-likeness (QED) is 0.654. The van der Waals surface area contributed by atoms with Crippen LogP contribution in [0.3, 0.4) is 0 Å². The van der Waals surface area contributed by atoms with E-state index >= 15 is 0 Å². The van der Waals surface area contributed by atoms with Crippen LogP contribution in [0.15, 0.2) is 24.3 Å². The van der Waals surface area contributed by atoms with E-state index in [-0.39, 0.29) is 0 Å². The van der Waals surface area contributed by atoms with E-state index in [2.05, 4.69) is 52.0 Å². The summed E-state index contributed by atoms with van der Waals surface area (Å²) in [7, 11) is -0.976. The first-order valence-electron chi connectivity index (χ1n) is 6.21. The second-order valence-electron chi connectivity index (χ2n) is 4.72. The minimum atomic E-state index is -0.976. The van der Waals surface area contributed by atoms with Crippen molar-refractivity contribution in [2.24, 2.45) is 0 Å². The third-order valence-electron chi connectivity index (χ3n) is 3.95. The van der Waals surface area contributed by atoms with Crippen LogP contribution in [0.5, 0.6) is 0 Å². The second kappa shape index (κ2) is 5.66. The molecule has 0 amide bonds. The van der Waals surface area contributed by atoms with Gasteiger partial charge in [-0.2, -0.15) is 0 Å². The first-order valence-corrected chi connectivity index (χ1v) is 9.04. The van der Waals surface area contributed by atoms with Crippen molar-refractivity contribution in [2.45, 2.75) is 33.9 Å². The average Bonchev–Trinajstić information content (AvgIpc) is 2.29. The van der Waals surface area contributed by atoms with Gasteiger partial charge >= 0.3 is 95.0 Å². The van der Waals surface area contributed by atoms with Crippen molar-refractivity contribution in [3.63, 3.8) is 0 Å². The molecule has 1 aromatic carbocycles. The SMILES string of the molecule is CC[PH](CC)(CC)Cc1ccc(C)cc1. The Morgan fingerprint density at radius 2 is 1.33 bits per heavy atom. The molecule has 15 heavy (non-hydrogen) atoms. The van der Waals surface area contributed by atoms with Gasteiger partial charge in [-0.05, 0) is 0 Å². The number of aryl methyl sites for hydroxylation is 1. The van der Waals surface area contributed by atoms with Crippen molar-refractivity contribution in [2.75, 3.05) is 18.5 Å². The van der Waals surface area contributed by atoms with E-state index in [1.165, 1.54) is 30.2 Å². The van der Waals surface area contributed by atoms with Gasteiger partial charge in [0, 0.05) is 0 Å². The maximum absolute atomic E-state index is 2.38. The Morgan fingerprint density at radius 1 is 0.867 bits per heavy atom. The minimum absolute atomic E-state index is 0.976. The summed E-state index contributed by atoms with van der Waals surface area (Å²) in [6, 6.07) is 9.13. The Morgan fingerprint density at radius 3 is 1.73 bits per heavy atom. The molecule has 0 aromatic heterocycles. The molecule has 0 nitrogen and oxygen atoms in total. The molecule has 1 rings (SSSR count). The molecular formula is C14H25P. The molecule has 0 aliphatic rings. The number of benzene rings is 1.